The molecule has 0 aromatic carbocycles. The smallest absolute Gasteiger partial charge is 0.123 e. The summed E-state index contributed by atoms with van der Waals surface area (Å²) in [4.78, 5) is 4.15. The van der Waals surface area contributed by atoms with Crippen LogP contribution in [0.3, 0.4) is 0 Å². The molecule has 1 aromatic rings. The predicted octanol–water partition coefficient (Wildman–Crippen LogP) is 2.00. The van der Waals surface area contributed by atoms with Crippen LogP contribution in [0.2, 0.25) is 0 Å². The molecule has 0 unspecified atom stereocenters. The van der Waals surface area contributed by atoms with Crippen molar-refractivity contribution < 1.29 is 9.47 Å². The van der Waals surface area contributed by atoms with Gasteiger partial charge in [0.25, 0.3) is 0 Å². The van der Waals surface area contributed by atoms with Gasteiger partial charge in [0.1, 0.15) is 5.82 Å². The number of methoxy groups -OCH3 is 1. The second kappa shape index (κ2) is 5.82. The summed E-state index contributed by atoms with van der Waals surface area (Å²) < 4.78 is 10.8. The molecule has 0 atom stereocenters. The van der Waals surface area contributed by atoms with Crippen LogP contribution in [0, 0.1) is 0 Å². The molecule has 4 nitrogen and oxygen atoms in total. The zero-order chi connectivity index (χ0) is 12.0. The number of nitrogens with zero attached hydrogens (tertiary/aromatic N) is 1. The van der Waals surface area contributed by atoms with Gasteiger partial charge in [0.15, 0.2) is 0 Å². The number of hydrogen-bond donors (Lipinski definition) is 1. The average molecular weight is 224 g/mol. The number of ether oxygens (including phenoxy) is 2. The van der Waals surface area contributed by atoms with Crippen molar-refractivity contribution in [3.8, 4) is 0 Å². The van der Waals surface area contributed by atoms with E-state index < -0.39 is 0 Å². The van der Waals surface area contributed by atoms with Gasteiger partial charge < -0.3 is 15.2 Å². The molecule has 0 aliphatic rings. The van der Waals surface area contributed by atoms with Crippen molar-refractivity contribution in [3.05, 3.63) is 23.9 Å². The highest BCUT2D eigenvalue weighted by molar-refractivity contribution is 5.28. The van der Waals surface area contributed by atoms with E-state index in [0.717, 1.165) is 12.1 Å². The van der Waals surface area contributed by atoms with Gasteiger partial charge in [0.2, 0.25) is 0 Å². The summed E-state index contributed by atoms with van der Waals surface area (Å²) >= 11 is 0. The van der Waals surface area contributed by atoms with E-state index in [1.807, 2.05) is 26.0 Å². The zero-order valence-corrected chi connectivity index (χ0v) is 10.2. The Balaban J connectivity index is 2.26. The van der Waals surface area contributed by atoms with Gasteiger partial charge in [-0.2, -0.15) is 0 Å². The van der Waals surface area contributed by atoms with E-state index >= 15 is 0 Å². The molecule has 16 heavy (non-hydrogen) atoms. The van der Waals surface area contributed by atoms with Crippen molar-refractivity contribution in [3.63, 3.8) is 0 Å². The molecule has 0 spiro atoms. The first-order valence-corrected chi connectivity index (χ1v) is 5.38. The first-order chi connectivity index (χ1) is 7.53. The molecule has 0 radical (unpaired) electrons. The topological polar surface area (TPSA) is 57.4 Å². The first-order valence-electron chi connectivity index (χ1n) is 5.38. The van der Waals surface area contributed by atoms with Crippen LogP contribution in [0.25, 0.3) is 0 Å². The largest absolute Gasteiger partial charge is 0.384 e. The molecule has 0 fully saturated rings. The molecule has 0 saturated carbocycles. The van der Waals surface area contributed by atoms with Crippen molar-refractivity contribution in [1.29, 1.82) is 0 Å². The Kier molecular flexibility index (Phi) is 4.71. The van der Waals surface area contributed by atoms with Crippen molar-refractivity contribution in [2.75, 3.05) is 19.5 Å². The fraction of sp³-hybridized carbons (Fsp3) is 0.583. The monoisotopic (exact) mass is 224 g/mol. The average Bonchev–Trinajstić information content (AvgIpc) is 2.25. The first kappa shape index (κ1) is 12.9. The lowest BCUT2D eigenvalue weighted by Gasteiger charge is -2.22. The highest BCUT2D eigenvalue weighted by Crippen LogP contribution is 2.13. The molecule has 1 heterocycles. The Labute approximate surface area is 96.8 Å². The lowest BCUT2D eigenvalue weighted by Crippen LogP contribution is -2.24. The fourth-order valence-electron chi connectivity index (χ4n) is 1.18. The minimum atomic E-state index is -0.136. The quantitative estimate of drug-likeness (QED) is 0.751. The second-order valence-electron chi connectivity index (χ2n) is 4.32. The maximum absolute atomic E-state index is 5.57. The summed E-state index contributed by atoms with van der Waals surface area (Å²) in [6, 6.07) is 5.54. The van der Waals surface area contributed by atoms with E-state index in [4.69, 9.17) is 15.2 Å². The van der Waals surface area contributed by atoms with Crippen LogP contribution in [0.1, 0.15) is 26.0 Å². The highest BCUT2D eigenvalue weighted by atomic mass is 16.5. The molecule has 1 rings (SSSR count). The minimum Gasteiger partial charge on any atom is -0.384 e. The molecule has 2 N–H and O–H groups in total. The molecule has 1 aromatic heterocycles. The molecule has 0 aliphatic carbocycles. The summed E-state index contributed by atoms with van der Waals surface area (Å²) in [6.45, 7) is 5.21. The molecule has 0 amide bonds. The zero-order valence-electron chi connectivity index (χ0n) is 10.2. The summed E-state index contributed by atoms with van der Waals surface area (Å²) in [5.41, 5.74) is 6.29. The Bertz CT molecular complexity index is 327. The molecular weight excluding hydrogens is 204 g/mol. The normalized spacial score (nSPS) is 11.7. The summed E-state index contributed by atoms with van der Waals surface area (Å²) in [7, 11) is 1.71. The third-order valence-electron chi connectivity index (χ3n) is 2.48. The van der Waals surface area contributed by atoms with E-state index in [9.17, 15) is 0 Å². The van der Waals surface area contributed by atoms with Crippen LogP contribution in [0.4, 0.5) is 5.82 Å². The van der Waals surface area contributed by atoms with Crippen molar-refractivity contribution in [2.45, 2.75) is 32.5 Å². The Hall–Kier alpha value is -1.13. The Morgan fingerprint density at radius 1 is 1.38 bits per heavy atom. The van der Waals surface area contributed by atoms with E-state index in [2.05, 4.69) is 4.98 Å². The van der Waals surface area contributed by atoms with Gasteiger partial charge in [-0.15, -0.1) is 0 Å². The maximum atomic E-state index is 5.57. The van der Waals surface area contributed by atoms with Gasteiger partial charge >= 0.3 is 0 Å². The molecule has 4 heteroatoms. The predicted molar refractivity (Wildman–Crippen MR) is 64.0 cm³/mol. The molecule has 90 valence electrons. The fourth-order valence-corrected chi connectivity index (χ4v) is 1.18. The highest BCUT2D eigenvalue weighted by Gasteiger charge is 2.15. The van der Waals surface area contributed by atoms with Crippen LogP contribution in [0.5, 0.6) is 0 Å². The van der Waals surface area contributed by atoms with E-state index in [0.29, 0.717) is 19.0 Å². The SMILES string of the molecule is COC(C)(C)CCOCc1cccc(N)n1. The van der Waals surface area contributed by atoms with Gasteiger partial charge in [-0.05, 0) is 32.4 Å². The lowest BCUT2D eigenvalue weighted by molar-refractivity contribution is -0.0128. The number of anilines is 1. The van der Waals surface area contributed by atoms with Crippen LogP contribution >= 0.6 is 0 Å². The maximum Gasteiger partial charge on any atom is 0.123 e. The van der Waals surface area contributed by atoms with Crippen LogP contribution in [-0.2, 0) is 16.1 Å². The van der Waals surface area contributed by atoms with E-state index in [-0.39, 0.29) is 5.60 Å². The Morgan fingerprint density at radius 2 is 2.12 bits per heavy atom. The third-order valence-corrected chi connectivity index (χ3v) is 2.48. The summed E-state index contributed by atoms with van der Waals surface area (Å²) in [5, 5.41) is 0. The number of nitrogens with two attached hydrogens (primary N) is 1. The standard InChI is InChI=1S/C12H20N2O2/c1-12(2,15-3)7-8-16-9-10-5-4-6-11(13)14-10/h4-6H,7-9H2,1-3H3,(H2,13,14). The number of aromatic nitrogens is 1. The molecule has 0 saturated heterocycles. The summed E-state index contributed by atoms with van der Waals surface area (Å²) in [5.74, 6) is 0.526. The van der Waals surface area contributed by atoms with Gasteiger partial charge in [-0.25, -0.2) is 4.98 Å². The molecule has 0 aliphatic heterocycles. The third kappa shape index (κ3) is 4.59. The van der Waals surface area contributed by atoms with Gasteiger partial charge in [-0.3, -0.25) is 0 Å². The van der Waals surface area contributed by atoms with Crippen LogP contribution < -0.4 is 5.73 Å². The van der Waals surface area contributed by atoms with Gasteiger partial charge in [-0.1, -0.05) is 6.07 Å². The number of pyridine rings is 1. The number of rotatable bonds is 6. The van der Waals surface area contributed by atoms with Crippen molar-refractivity contribution in [1.82, 2.24) is 4.98 Å². The minimum absolute atomic E-state index is 0.136. The molecule has 0 bridgehead atoms. The van der Waals surface area contributed by atoms with Crippen LogP contribution in [-0.4, -0.2) is 24.3 Å². The van der Waals surface area contributed by atoms with Gasteiger partial charge in [0.05, 0.1) is 17.9 Å². The molecular formula is C12H20N2O2. The van der Waals surface area contributed by atoms with Crippen molar-refractivity contribution in [2.24, 2.45) is 0 Å². The van der Waals surface area contributed by atoms with Crippen molar-refractivity contribution >= 4 is 5.82 Å². The second-order valence-corrected chi connectivity index (χ2v) is 4.32. The van der Waals surface area contributed by atoms with Gasteiger partial charge in [0, 0.05) is 13.7 Å². The summed E-state index contributed by atoms with van der Waals surface area (Å²) in [6.07, 6.45) is 0.853. The number of nitrogen functional groups attached to an aromatic ring is 1. The van der Waals surface area contributed by atoms with Crippen LogP contribution in [0.15, 0.2) is 18.2 Å². The van der Waals surface area contributed by atoms with E-state index in [1.54, 1.807) is 13.2 Å². The van der Waals surface area contributed by atoms with E-state index in [1.165, 1.54) is 0 Å². The lowest BCUT2D eigenvalue weighted by atomic mass is 10.1. The number of hydrogen-bond acceptors (Lipinski definition) is 4. The Morgan fingerprint density at radius 3 is 2.75 bits per heavy atom.